The van der Waals surface area contributed by atoms with Crippen LogP contribution in [0.4, 0.5) is 0 Å². The Morgan fingerprint density at radius 2 is 1.76 bits per heavy atom. The molecule has 1 saturated heterocycles. The van der Waals surface area contributed by atoms with Crippen LogP contribution in [0.15, 0.2) is 57.9 Å². The number of benzene rings is 2. The van der Waals surface area contributed by atoms with Gasteiger partial charge in [-0.15, -0.1) is 0 Å². The highest BCUT2D eigenvalue weighted by Gasteiger charge is 2.38. The average Bonchev–Trinajstić information content (AvgIpc) is 3.00. The summed E-state index contributed by atoms with van der Waals surface area (Å²) in [5, 5.41) is 3.16. The Balaban J connectivity index is 1.99. The van der Waals surface area contributed by atoms with E-state index in [4.69, 9.17) is 11.6 Å². The van der Waals surface area contributed by atoms with E-state index in [1.807, 2.05) is 24.3 Å². The minimum absolute atomic E-state index is 0.119. The fourth-order valence-corrected chi connectivity index (χ4v) is 4.73. The minimum Gasteiger partial charge on any atom is -0.355 e. The first-order chi connectivity index (χ1) is 11.9. The topological polar surface area (TPSA) is 66.5 Å². The van der Waals surface area contributed by atoms with Gasteiger partial charge in [0.2, 0.25) is 15.9 Å². The molecule has 0 spiro atoms. The number of halogens is 2. The first-order valence-corrected chi connectivity index (χ1v) is 10.3. The lowest BCUT2D eigenvalue weighted by molar-refractivity contribution is -0.122. The second-order valence-corrected chi connectivity index (χ2v) is 8.97. The predicted molar refractivity (Wildman–Crippen MR) is 99.7 cm³/mol. The zero-order valence-electron chi connectivity index (χ0n) is 13.2. The third-order valence-corrected chi connectivity index (χ3v) is 6.69. The highest BCUT2D eigenvalue weighted by Crippen LogP contribution is 2.25. The molecule has 3 rings (SSSR count). The number of rotatable bonds is 5. The molecule has 1 atom stereocenters. The number of carbonyl (C=O) groups is 1. The van der Waals surface area contributed by atoms with Crippen molar-refractivity contribution in [1.82, 2.24) is 9.62 Å². The molecule has 132 valence electrons. The van der Waals surface area contributed by atoms with Gasteiger partial charge >= 0.3 is 0 Å². The number of sulfonamides is 1. The van der Waals surface area contributed by atoms with Gasteiger partial charge in [0.1, 0.15) is 6.04 Å². The quantitative estimate of drug-likeness (QED) is 0.772. The SMILES string of the molecule is O=C1NCC[C@H]1N(Cc1ccc(Br)cc1)S(=O)(=O)c1ccc(Cl)cc1. The molecule has 0 bridgehead atoms. The van der Waals surface area contributed by atoms with E-state index in [9.17, 15) is 13.2 Å². The first kappa shape index (κ1) is 18.4. The summed E-state index contributed by atoms with van der Waals surface area (Å²) in [5.74, 6) is -0.269. The van der Waals surface area contributed by atoms with Gasteiger partial charge in [-0.3, -0.25) is 4.79 Å². The summed E-state index contributed by atoms with van der Waals surface area (Å²) in [5.41, 5.74) is 0.806. The molecule has 0 saturated carbocycles. The summed E-state index contributed by atoms with van der Waals surface area (Å²) in [6.07, 6.45) is 0.447. The van der Waals surface area contributed by atoms with Gasteiger partial charge in [-0.2, -0.15) is 4.31 Å². The zero-order valence-corrected chi connectivity index (χ0v) is 16.3. The number of nitrogens with zero attached hydrogens (tertiary/aromatic N) is 1. The molecule has 8 heteroatoms. The molecule has 0 unspecified atom stereocenters. The molecule has 0 radical (unpaired) electrons. The molecular weight excluding hydrogens is 428 g/mol. The number of hydrogen-bond donors (Lipinski definition) is 1. The molecule has 0 aromatic heterocycles. The largest absolute Gasteiger partial charge is 0.355 e. The maximum absolute atomic E-state index is 13.1. The standard InChI is InChI=1S/C17H16BrClN2O3S/c18-13-3-1-12(2-4-13)11-21(16-9-10-20-17(16)22)25(23,24)15-7-5-14(19)6-8-15/h1-8,16H,9-11H2,(H,20,22)/t16-/m1/s1. The maximum atomic E-state index is 13.1. The Hall–Kier alpha value is -1.41. The fourth-order valence-electron chi connectivity index (χ4n) is 2.73. The summed E-state index contributed by atoms with van der Waals surface area (Å²) in [6.45, 7) is 0.590. The smallest absolute Gasteiger partial charge is 0.244 e. The van der Waals surface area contributed by atoms with Crippen LogP contribution < -0.4 is 5.32 Å². The molecule has 1 aliphatic rings. The Labute approximate surface area is 160 Å². The Bertz CT molecular complexity index is 870. The number of hydrogen-bond acceptors (Lipinski definition) is 3. The lowest BCUT2D eigenvalue weighted by Gasteiger charge is -2.26. The molecular formula is C17H16BrClN2O3S. The van der Waals surface area contributed by atoms with E-state index in [1.54, 1.807) is 0 Å². The third kappa shape index (κ3) is 4.06. The van der Waals surface area contributed by atoms with Crippen molar-refractivity contribution in [3.63, 3.8) is 0 Å². The van der Waals surface area contributed by atoms with Gasteiger partial charge in [0.25, 0.3) is 0 Å². The second-order valence-electron chi connectivity index (χ2n) is 5.73. The van der Waals surface area contributed by atoms with Crippen LogP contribution >= 0.6 is 27.5 Å². The van der Waals surface area contributed by atoms with Crippen molar-refractivity contribution in [2.75, 3.05) is 6.54 Å². The minimum atomic E-state index is -3.84. The highest BCUT2D eigenvalue weighted by atomic mass is 79.9. The molecule has 0 aliphatic carbocycles. The summed E-state index contributed by atoms with van der Waals surface area (Å²) < 4.78 is 28.5. The highest BCUT2D eigenvalue weighted by molar-refractivity contribution is 9.10. The van der Waals surface area contributed by atoms with Crippen molar-refractivity contribution >= 4 is 43.5 Å². The van der Waals surface area contributed by atoms with Gasteiger partial charge in [0, 0.05) is 22.6 Å². The van der Waals surface area contributed by atoms with Gasteiger partial charge in [-0.25, -0.2) is 8.42 Å². The number of amides is 1. The molecule has 1 aliphatic heterocycles. The van der Waals surface area contributed by atoms with Crippen LogP contribution in [0.2, 0.25) is 5.02 Å². The Morgan fingerprint density at radius 1 is 1.12 bits per heavy atom. The van der Waals surface area contributed by atoms with Crippen LogP contribution in [0, 0.1) is 0 Å². The Morgan fingerprint density at radius 3 is 2.32 bits per heavy atom. The first-order valence-electron chi connectivity index (χ1n) is 7.67. The van der Waals surface area contributed by atoms with E-state index in [0.29, 0.717) is 18.0 Å². The lowest BCUT2D eigenvalue weighted by atomic mass is 10.2. The van der Waals surface area contributed by atoms with Gasteiger partial charge < -0.3 is 5.32 Å². The van der Waals surface area contributed by atoms with Gasteiger partial charge in [-0.1, -0.05) is 39.7 Å². The summed E-state index contributed by atoms with van der Waals surface area (Å²) in [6, 6.07) is 12.6. The van der Waals surface area contributed by atoms with Gasteiger partial charge in [0.05, 0.1) is 4.90 Å². The van der Waals surface area contributed by atoms with Crippen molar-refractivity contribution < 1.29 is 13.2 Å². The van der Waals surface area contributed by atoms with E-state index in [-0.39, 0.29) is 17.3 Å². The molecule has 5 nitrogen and oxygen atoms in total. The molecule has 1 heterocycles. The Kier molecular flexibility index (Phi) is 5.48. The van der Waals surface area contributed by atoms with E-state index >= 15 is 0 Å². The summed E-state index contributed by atoms with van der Waals surface area (Å²) in [4.78, 5) is 12.3. The van der Waals surface area contributed by atoms with E-state index in [1.165, 1.54) is 28.6 Å². The molecule has 25 heavy (non-hydrogen) atoms. The van der Waals surface area contributed by atoms with Crippen molar-refractivity contribution in [3.8, 4) is 0 Å². The number of carbonyl (C=O) groups excluding carboxylic acids is 1. The monoisotopic (exact) mass is 442 g/mol. The van der Waals surface area contributed by atoms with Crippen LogP contribution in [-0.2, 0) is 21.4 Å². The van der Waals surface area contributed by atoms with Crippen LogP contribution in [0.5, 0.6) is 0 Å². The molecule has 1 amide bonds. The predicted octanol–water partition coefficient (Wildman–Crippen LogP) is 3.18. The van der Waals surface area contributed by atoms with Crippen molar-refractivity contribution in [3.05, 3.63) is 63.6 Å². The molecule has 1 N–H and O–H groups in total. The summed E-state index contributed by atoms with van der Waals surface area (Å²) >= 11 is 9.22. The summed E-state index contributed by atoms with van der Waals surface area (Å²) in [7, 11) is -3.84. The van der Waals surface area contributed by atoms with Crippen LogP contribution in [0.3, 0.4) is 0 Å². The number of nitrogens with one attached hydrogen (secondary N) is 1. The fraction of sp³-hybridized carbons (Fsp3) is 0.235. The van der Waals surface area contributed by atoms with Crippen molar-refractivity contribution in [2.45, 2.75) is 23.9 Å². The third-order valence-electron chi connectivity index (χ3n) is 4.04. The molecule has 2 aromatic carbocycles. The second kappa shape index (κ2) is 7.45. The van der Waals surface area contributed by atoms with E-state index in [0.717, 1.165) is 10.0 Å². The average molecular weight is 444 g/mol. The lowest BCUT2D eigenvalue weighted by Crippen LogP contribution is -2.43. The van der Waals surface area contributed by atoms with Crippen LogP contribution in [-0.4, -0.2) is 31.2 Å². The van der Waals surface area contributed by atoms with E-state index in [2.05, 4.69) is 21.2 Å². The molecule has 2 aromatic rings. The van der Waals surface area contributed by atoms with Crippen molar-refractivity contribution in [1.29, 1.82) is 0 Å². The van der Waals surface area contributed by atoms with Crippen molar-refractivity contribution in [2.24, 2.45) is 0 Å². The van der Waals surface area contributed by atoms with E-state index < -0.39 is 16.1 Å². The van der Waals surface area contributed by atoms with Gasteiger partial charge in [-0.05, 0) is 48.4 Å². The van der Waals surface area contributed by atoms with Crippen LogP contribution in [0.1, 0.15) is 12.0 Å². The normalized spacial score (nSPS) is 17.7. The molecule has 1 fully saturated rings. The van der Waals surface area contributed by atoms with Gasteiger partial charge in [0.15, 0.2) is 0 Å². The van der Waals surface area contributed by atoms with Crippen LogP contribution in [0.25, 0.3) is 0 Å². The zero-order chi connectivity index (χ0) is 18.0. The maximum Gasteiger partial charge on any atom is 0.244 e.